The van der Waals surface area contributed by atoms with E-state index < -0.39 is 10.0 Å². The van der Waals surface area contributed by atoms with Gasteiger partial charge in [0, 0.05) is 12.4 Å². The van der Waals surface area contributed by atoms with E-state index in [0.717, 1.165) is 31.2 Å². The fourth-order valence-corrected chi connectivity index (χ4v) is 3.78. The topological polar surface area (TPSA) is 82.8 Å². The van der Waals surface area contributed by atoms with Crippen molar-refractivity contribution < 1.29 is 8.42 Å². The molecule has 0 aliphatic heterocycles. The van der Waals surface area contributed by atoms with E-state index >= 15 is 0 Å². The van der Waals surface area contributed by atoms with Crippen LogP contribution in [-0.2, 0) is 22.9 Å². The van der Waals surface area contributed by atoms with E-state index in [1.165, 1.54) is 24.0 Å². The first-order valence-corrected chi connectivity index (χ1v) is 8.57. The van der Waals surface area contributed by atoms with E-state index in [1.54, 1.807) is 12.1 Å². The average Bonchev–Trinajstić information content (AvgIpc) is 2.54. The number of aromatic nitrogens is 1. The molecule has 0 bridgehead atoms. The van der Waals surface area contributed by atoms with Crippen LogP contribution in [0.4, 0.5) is 5.69 Å². The van der Waals surface area contributed by atoms with Crippen molar-refractivity contribution in [2.75, 3.05) is 4.72 Å². The van der Waals surface area contributed by atoms with Crippen LogP contribution in [0.1, 0.15) is 29.5 Å². The van der Waals surface area contributed by atoms with Crippen molar-refractivity contribution in [2.45, 2.75) is 30.6 Å². The van der Waals surface area contributed by atoms with Gasteiger partial charge in [0.2, 0.25) is 0 Å². The minimum atomic E-state index is -3.71. The molecule has 5 nitrogen and oxygen atoms in total. The summed E-state index contributed by atoms with van der Waals surface area (Å²) >= 11 is 0. The molecule has 1 aliphatic carbocycles. The number of nitriles is 1. The van der Waals surface area contributed by atoms with Gasteiger partial charge in [0.25, 0.3) is 10.0 Å². The molecule has 0 saturated carbocycles. The zero-order chi connectivity index (χ0) is 15.6. The van der Waals surface area contributed by atoms with Crippen LogP contribution in [0.5, 0.6) is 0 Å². The molecule has 0 spiro atoms. The summed E-state index contributed by atoms with van der Waals surface area (Å²) in [6, 6.07) is 8.67. The van der Waals surface area contributed by atoms with Crippen LogP contribution in [0, 0.1) is 11.3 Å². The number of anilines is 1. The van der Waals surface area contributed by atoms with Gasteiger partial charge >= 0.3 is 0 Å². The molecule has 1 aromatic heterocycles. The fourth-order valence-electron chi connectivity index (χ4n) is 2.65. The number of fused-ring (bicyclic) bond motifs is 1. The molecule has 22 heavy (non-hydrogen) atoms. The first kappa shape index (κ1) is 14.5. The molecule has 2 aromatic rings. The smallest absolute Gasteiger partial charge is 0.261 e. The minimum absolute atomic E-state index is 0.198. The van der Waals surface area contributed by atoms with Gasteiger partial charge in [0.1, 0.15) is 6.07 Å². The van der Waals surface area contributed by atoms with Crippen LogP contribution in [0.15, 0.2) is 41.6 Å². The van der Waals surface area contributed by atoms with Gasteiger partial charge in [-0.15, -0.1) is 0 Å². The predicted octanol–water partition coefficient (Wildman–Crippen LogP) is 2.63. The quantitative estimate of drug-likeness (QED) is 0.944. The van der Waals surface area contributed by atoms with Crippen molar-refractivity contribution in [2.24, 2.45) is 0 Å². The lowest BCUT2D eigenvalue weighted by Crippen LogP contribution is -2.15. The largest absolute Gasteiger partial charge is 0.278 e. The maximum Gasteiger partial charge on any atom is 0.261 e. The van der Waals surface area contributed by atoms with Gasteiger partial charge in [0.05, 0.1) is 16.1 Å². The lowest BCUT2D eigenvalue weighted by molar-refractivity contribution is 0.600. The number of rotatable bonds is 3. The van der Waals surface area contributed by atoms with E-state index in [2.05, 4.69) is 9.71 Å². The molecule has 1 aromatic carbocycles. The van der Waals surface area contributed by atoms with Crippen LogP contribution in [0.25, 0.3) is 0 Å². The highest BCUT2D eigenvalue weighted by Crippen LogP contribution is 2.25. The monoisotopic (exact) mass is 313 g/mol. The zero-order valence-electron chi connectivity index (χ0n) is 11.9. The molecule has 0 saturated heterocycles. The fraction of sp³-hybridized carbons (Fsp3) is 0.250. The zero-order valence-corrected chi connectivity index (χ0v) is 12.7. The highest BCUT2D eigenvalue weighted by Gasteiger charge is 2.19. The number of benzene rings is 1. The molecule has 6 heteroatoms. The highest BCUT2D eigenvalue weighted by molar-refractivity contribution is 7.92. The number of hydrogen-bond acceptors (Lipinski definition) is 4. The third kappa shape index (κ3) is 2.81. The Hall–Kier alpha value is -2.39. The Labute approximate surface area is 129 Å². The normalized spacial score (nSPS) is 14.0. The third-order valence-corrected chi connectivity index (χ3v) is 5.18. The Morgan fingerprint density at radius 2 is 1.91 bits per heavy atom. The molecule has 1 N–H and O–H groups in total. The first-order valence-electron chi connectivity index (χ1n) is 7.09. The summed E-state index contributed by atoms with van der Waals surface area (Å²) in [5, 5.41) is 9.02. The molecule has 0 radical (unpaired) electrons. The van der Waals surface area contributed by atoms with Gasteiger partial charge in [-0.2, -0.15) is 5.26 Å². The number of nitrogens with one attached hydrogen (secondary N) is 1. The Kier molecular flexibility index (Phi) is 3.82. The van der Waals surface area contributed by atoms with Gasteiger partial charge in [-0.3, -0.25) is 9.71 Å². The van der Waals surface area contributed by atoms with Gasteiger partial charge in [0.15, 0.2) is 0 Å². The second-order valence-corrected chi connectivity index (χ2v) is 6.96. The number of pyridine rings is 1. The summed E-state index contributed by atoms with van der Waals surface area (Å²) < 4.78 is 27.5. The Balaban J connectivity index is 1.95. The molecular weight excluding hydrogens is 298 g/mol. The van der Waals surface area contributed by atoms with Crippen LogP contribution in [-0.4, -0.2) is 13.4 Å². The van der Waals surface area contributed by atoms with Crippen LogP contribution >= 0.6 is 0 Å². The highest BCUT2D eigenvalue weighted by atomic mass is 32.2. The SMILES string of the molecule is N#Cc1cnccc1NS(=O)(=O)c1ccc2c(c1)CCCC2. The van der Waals surface area contributed by atoms with Crippen LogP contribution in [0.2, 0.25) is 0 Å². The summed E-state index contributed by atoms with van der Waals surface area (Å²) in [6.45, 7) is 0. The van der Waals surface area contributed by atoms with E-state index in [9.17, 15) is 8.42 Å². The van der Waals surface area contributed by atoms with Gasteiger partial charge in [-0.1, -0.05) is 6.07 Å². The number of sulfonamides is 1. The lowest BCUT2D eigenvalue weighted by Gasteiger charge is -2.17. The second kappa shape index (κ2) is 5.78. The number of aryl methyl sites for hydroxylation is 2. The standard InChI is InChI=1S/C16H15N3O2S/c17-10-14-11-18-8-7-16(14)19-22(20,21)15-6-5-12-3-1-2-4-13(12)9-15/h5-9,11H,1-4H2,(H,18,19). The summed E-state index contributed by atoms with van der Waals surface area (Å²) in [6.07, 6.45) is 6.95. The molecule has 0 atom stereocenters. The maximum absolute atomic E-state index is 12.5. The molecule has 112 valence electrons. The van der Waals surface area contributed by atoms with Crippen LogP contribution < -0.4 is 4.72 Å². The van der Waals surface area contributed by atoms with E-state index in [1.807, 2.05) is 12.1 Å². The van der Waals surface area contributed by atoms with Gasteiger partial charge in [-0.05, 0) is 55.0 Å². The number of hydrogen-bond donors (Lipinski definition) is 1. The second-order valence-electron chi connectivity index (χ2n) is 5.28. The molecule has 1 aliphatic rings. The minimum Gasteiger partial charge on any atom is -0.278 e. The first-order chi connectivity index (χ1) is 10.6. The third-order valence-electron chi connectivity index (χ3n) is 3.82. The molecule has 0 unspecified atom stereocenters. The van der Waals surface area contributed by atoms with Crippen molar-refractivity contribution in [3.05, 3.63) is 53.3 Å². The Morgan fingerprint density at radius 1 is 1.14 bits per heavy atom. The summed E-state index contributed by atoms with van der Waals surface area (Å²) in [7, 11) is -3.71. The summed E-state index contributed by atoms with van der Waals surface area (Å²) in [4.78, 5) is 4.05. The molecule has 0 amide bonds. The van der Waals surface area contributed by atoms with Crippen molar-refractivity contribution in [3.63, 3.8) is 0 Å². The Morgan fingerprint density at radius 3 is 2.68 bits per heavy atom. The van der Waals surface area contributed by atoms with Gasteiger partial charge in [-0.25, -0.2) is 8.42 Å². The van der Waals surface area contributed by atoms with E-state index in [4.69, 9.17) is 5.26 Å². The van der Waals surface area contributed by atoms with Crippen molar-refractivity contribution in [1.82, 2.24) is 4.98 Å². The average molecular weight is 313 g/mol. The molecule has 3 rings (SSSR count). The van der Waals surface area contributed by atoms with Crippen molar-refractivity contribution >= 4 is 15.7 Å². The Bertz CT molecular complexity index is 854. The van der Waals surface area contributed by atoms with Gasteiger partial charge < -0.3 is 0 Å². The van der Waals surface area contributed by atoms with E-state index in [0.29, 0.717) is 0 Å². The van der Waals surface area contributed by atoms with Crippen molar-refractivity contribution in [3.8, 4) is 6.07 Å². The van der Waals surface area contributed by atoms with E-state index in [-0.39, 0.29) is 16.1 Å². The van der Waals surface area contributed by atoms with Crippen molar-refractivity contribution in [1.29, 1.82) is 5.26 Å². The van der Waals surface area contributed by atoms with Crippen LogP contribution in [0.3, 0.4) is 0 Å². The summed E-state index contributed by atoms with van der Waals surface area (Å²) in [5.74, 6) is 0. The molecule has 1 heterocycles. The summed E-state index contributed by atoms with van der Waals surface area (Å²) in [5.41, 5.74) is 2.77. The lowest BCUT2D eigenvalue weighted by atomic mass is 9.92. The number of nitrogens with zero attached hydrogens (tertiary/aromatic N) is 2. The molecular formula is C16H15N3O2S. The maximum atomic E-state index is 12.5. The predicted molar refractivity (Wildman–Crippen MR) is 82.8 cm³/mol. The molecule has 0 fully saturated rings.